The number of sulfone groups is 1. The van der Waals surface area contributed by atoms with Crippen molar-refractivity contribution < 1.29 is 13.2 Å². The molecule has 0 spiro atoms. The fourth-order valence-electron chi connectivity index (χ4n) is 2.51. The third-order valence-corrected chi connectivity index (χ3v) is 6.39. The summed E-state index contributed by atoms with van der Waals surface area (Å²) in [5, 5.41) is 0. The van der Waals surface area contributed by atoms with Gasteiger partial charge in [-0.2, -0.15) is 0 Å². The lowest BCUT2D eigenvalue weighted by Gasteiger charge is -2.21. The fourth-order valence-corrected chi connectivity index (χ4v) is 4.37. The Bertz CT molecular complexity index is 948. The summed E-state index contributed by atoms with van der Waals surface area (Å²) >= 11 is 10.6. The number of thiocarbonyl (C=S) groups is 2. The van der Waals surface area contributed by atoms with Gasteiger partial charge >= 0.3 is 0 Å². The predicted molar refractivity (Wildman–Crippen MR) is 118 cm³/mol. The third kappa shape index (κ3) is 6.43. The Labute approximate surface area is 176 Å². The number of likely N-dealkylation sites (N-methyl/N-ethyl adjacent to an activating group) is 1. The summed E-state index contributed by atoms with van der Waals surface area (Å²) in [7, 11) is -0.432. The molecule has 0 radical (unpaired) electrons. The van der Waals surface area contributed by atoms with E-state index in [0.29, 0.717) is 15.7 Å². The highest BCUT2D eigenvalue weighted by Gasteiger charge is 2.22. The summed E-state index contributed by atoms with van der Waals surface area (Å²) in [6.07, 6.45) is 1.60. The molecule has 0 unspecified atom stereocenters. The number of rotatable bonds is 8. The van der Waals surface area contributed by atoms with Crippen molar-refractivity contribution in [2.24, 2.45) is 0 Å². The Balaban J connectivity index is 1.93. The van der Waals surface area contributed by atoms with Crippen LogP contribution in [0.15, 0.2) is 54.7 Å². The molecule has 1 heterocycles. The van der Waals surface area contributed by atoms with Crippen LogP contribution in [0.1, 0.15) is 11.3 Å². The van der Waals surface area contributed by atoms with Crippen LogP contribution in [0.3, 0.4) is 0 Å². The van der Waals surface area contributed by atoms with Gasteiger partial charge in [0.25, 0.3) is 0 Å². The number of Topliss-reactive ketones (excluding diaryl/α,β-unsaturated/α-hetero) is 1. The minimum absolute atomic E-state index is 0.110. The summed E-state index contributed by atoms with van der Waals surface area (Å²) < 4.78 is 24.8. The molecule has 28 heavy (non-hydrogen) atoms. The molecule has 0 atom stereocenters. The fraction of sp³-hybridized carbons (Fsp3) is 0.263. The molecule has 0 aliphatic carbocycles. The molecule has 0 saturated heterocycles. The molecule has 1 aromatic carbocycles. The quantitative estimate of drug-likeness (QED) is 0.583. The second-order valence-electron chi connectivity index (χ2n) is 6.30. The van der Waals surface area contributed by atoms with Crippen LogP contribution >= 0.6 is 24.4 Å². The van der Waals surface area contributed by atoms with Crippen LogP contribution in [0.5, 0.6) is 0 Å². The Kier molecular flexibility index (Phi) is 7.73. The number of aromatic nitrogens is 1. The summed E-state index contributed by atoms with van der Waals surface area (Å²) in [6, 6.07) is 14.4. The van der Waals surface area contributed by atoms with Crippen molar-refractivity contribution in [3.05, 3.63) is 66.0 Å². The maximum absolute atomic E-state index is 12.4. The highest BCUT2D eigenvalue weighted by molar-refractivity contribution is 7.92. The van der Waals surface area contributed by atoms with Crippen LogP contribution in [0.4, 0.5) is 0 Å². The van der Waals surface area contributed by atoms with Gasteiger partial charge < -0.3 is 9.80 Å². The molecular weight excluding hydrogens is 414 g/mol. The van der Waals surface area contributed by atoms with E-state index in [1.54, 1.807) is 38.5 Å². The number of ketones is 1. The molecular formula is C19H21N3O3S3. The van der Waals surface area contributed by atoms with Crippen molar-refractivity contribution >= 4 is 50.0 Å². The number of carbonyl (C=O) groups is 1. The van der Waals surface area contributed by atoms with E-state index < -0.39 is 21.4 Å². The molecule has 0 N–H and O–H groups in total. The van der Waals surface area contributed by atoms with Gasteiger partial charge in [-0.05, 0) is 12.1 Å². The maximum Gasteiger partial charge on any atom is 0.175 e. The van der Waals surface area contributed by atoms with E-state index in [2.05, 4.69) is 4.98 Å². The largest absolute Gasteiger partial charge is 0.357 e. The van der Waals surface area contributed by atoms with E-state index in [0.717, 1.165) is 5.56 Å². The first-order valence-electron chi connectivity index (χ1n) is 8.39. The van der Waals surface area contributed by atoms with E-state index in [4.69, 9.17) is 24.4 Å². The Morgan fingerprint density at radius 2 is 1.61 bits per heavy atom. The van der Waals surface area contributed by atoms with Crippen LogP contribution in [-0.4, -0.2) is 71.2 Å². The van der Waals surface area contributed by atoms with Crippen LogP contribution in [0, 0.1) is 0 Å². The number of pyridine rings is 1. The lowest BCUT2D eigenvalue weighted by atomic mass is 10.2. The van der Waals surface area contributed by atoms with Crippen LogP contribution < -0.4 is 0 Å². The molecule has 148 valence electrons. The SMILES string of the molecule is CN(CS(=O)(=O)CC(=O)CN(C)C(=S)c1ccccn1)C(=S)c1ccccc1. The number of hydrogen-bond donors (Lipinski definition) is 0. The summed E-state index contributed by atoms with van der Waals surface area (Å²) in [5.74, 6) is -1.36. The van der Waals surface area contributed by atoms with Crippen molar-refractivity contribution in [1.29, 1.82) is 0 Å². The summed E-state index contributed by atoms with van der Waals surface area (Å²) in [6.45, 7) is -0.110. The van der Waals surface area contributed by atoms with Crippen LogP contribution in [-0.2, 0) is 14.6 Å². The second-order valence-corrected chi connectivity index (χ2v) is 9.11. The molecule has 2 aromatic rings. The lowest BCUT2D eigenvalue weighted by Crippen LogP contribution is -2.38. The monoisotopic (exact) mass is 435 g/mol. The molecule has 1 aromatic heterocycles. The lowest BCUT2D eigenvalue weighted by molar-refractivity contribution is -0.116. The normalized spacial score (nSPS) is 10.9. The smallest absolute Gasteiger partial charge is 0.175 e. The molecule has 0 aliphatic rings. The zero-order chi connectivity index (χ0) is 20.7. The van der Waals surface area contributed by atoms with Gasteiger partial charge in [0.15, 0.2) is 15.6 Å². The zero-order valence-electron chi connectivity index (χ0n) is 15.6. The first-order chi connectivity index (χ1) is 13.2. The number of carbonyl (C=O) groups excluding carboxylic acids is 1. The number of hydrogen-bond acceptors (Lipinski definition) is 6. The van der Waals surface area contributed by atoms with Gasteiger partial charge in [-0.3, -0.25) is 9.78 Å². The third-order valence-electron chi connectivity index (χ3n) is 3.78. The van der Waals surface area contributed by atoms with Gasteiger partial charge in [0.05, 0.1) is 12.2 Å². The number of nitrogens with zero attached hydrogens (tertiary/aromatic N) is 3. The van der Waals surface area contributed by atoms with Crippen molar-refractivity contribution in [2.75, 3.05) is 32.3 Å². The summed E-state index contributed by atoms with van der Waals surface area (Å²) in [5.41, 5.74) is 1.31. The Hall–Kier alpha value is -2.23. The maximum atomic E-state index is 12.4. The van der Waals surface area contributed by atoms with E-state index in [1.807, 2.05) is 30.3 Å². The highest BCUT2D eigenvalue weighted by Crippen LogP contribution is 2.07. The Morgan fingerprint density at radius 3 is 2.21 bits per heavy atom. The number of benzene rings is 1. The predicted octanol–water partition coefficient (Wildman–Crippen LogP) is 1.94. The minimum atomic E-state index is -3.67. The average molecular weight is 436 g/mol. The van der Waals surface area contributed by atoms with E-state index in [9.17, 15) is 13.2 Å². The van der Waals surface area contributed by atoms with Gasteiger partial charge in [-0.15, -0.1) is 0 Å². The molecule has 0 amide bonds. The summed E-state index contributed by atoms with van der Waals surface area (Å²) in [4.78, 5) is 20.2. The molecule has 2 rings (SSSR count). The van der Waals surface area contributed by atoms with Crippen molar-refractivity contribution in [3.8, 4) is 0 Å². The molecule has 9 heteroatoms. The van der Waals surface area contributed by atoms with Crippen molar-refractivity contribution in [2.45, 2.75) is 0 Å². The van der Waals surface area contributed by atoms with Gasteiger partial charge in [0.1, 0.15) is 21.6 Å². The van der Waals surface area contributed by atoms with Crippen LogP contribution in [0.25, 0.3) is 0 Å². The van der Waals surface area contributed by atoms with Crippen LogP contribution in [0.2, 0.25) is 0 Å². The topological polar surface area (TPSA) is 70.6 Å². The minimum Gasteiger partial charge on any atom is -0.357 e. The van der Waals surface area contributed by atoms with Gasteiger partial charge in [0.2, 0.25) is 0 Å². The van der Waals surface area contributed by atoms with Crippen molar-refractivity contribution in [1.82, 2.24) is 14.8 Å². The molecule has 0 saturated carbocycles. The second kappa shape index (κ2) is 9.81. The van der Waals surface area contributed by atoms with E-state index in [-0.39, 0.29) is 12.4 Å². The molecule has 6 nitrogen and oxygen atoms in total. The first-order valence-corrected chi connectivity index (χ1v) is 11.0. The average Bonchev–Trinajstić information content (AvgIpc) is 2.67. The standard InChI is InChI=1S/C19H21N3O3S3/c1-21(19(27)17-10-6-7-11-20-17)12-16(23)13-28(24,25)14-22(2)18(26)15-8-4-3-5-9-15/h3-11H,12-14H2,1-2H3. The Morgan fingerprint density at radius 1 is 0.964 bits per heavy atom. The zero-order valence-corrected chi connectivity index (χ0v) is 18.1. The highest BCUT2D eigenvalue weighted by atomic mass is 32.2. The van der Waals surface area contributed by atoms with E-state index in [1.165, 1.54) is 9.80 Å². The first kappa shape index (κ1) is 22.1. The molecule has 0 aliphatic heterocycles. The van der Waals surface area contributed by atoms with Crippen molar-refractivity contribution in [3.63, 3.8) is 0 Å². The van der Waals surface area contributed by atoms with Gasteiger partial charge in [-0.1, -0.05) is 60.8 Å². The molecule has 0 fully saturated rings. The van der Waals surface area contributed by atoms with Gasteiger partial charge in [0, 0.05) is 25.9 Å². The van der Waals surface area contributed by atoms with Gasteiger partial charge in [-0.25, -0.2) is 8.42 Å². The van der Waals surface area contributed by atoms with E-state index >= 15 is 0 Å². The molecule has 0 bridgehead atoms.